The zero-order chi connectivity index (χ0) is 2.71. The number of hydrogen-bond acceptors (Lipinski definition) is 0. The van der Waals surface area contributed by atoms with E-state index in [1.54, 1.807) is 0 Å². The molecule has 2 radical (unpaired) electrons. The van der Waals surface area contributed by atoms with Crippen LogP contribution in [0.4, 0.5) is 0 Å². The Balaban J connectivity index is -0.0000000200. The first kappa shape index (κ1) is 15.9. The van der Waals surface area contributed by atoms with Crippen molar-refractivity contribution in [2.24, 2.45) is 0 Å². The molecule has 0 spiro atoms. The van der Waals surface area contributed by atoms with E-state index in [1.165, 1.54) is 0 Å². The molecule has 0 N–H and O–H groups in total. The second-order valence-electron chi connectivity index (χ2n) is 0.101. The van der Waals surface area contributed by atoms with Crippen molar-refractivity contribution in [3.63, 3.8) is 0 Å². The van der Waals surface area contributed by atoms with Crippen LogP contribution in [-0.4, -0.2) is 29.2 Å². The van der Waals surface area contributed by atoms with Gasteiger partial charge in [-0.3, -0.25) is 0 Å². The summed E-state index contributed by atoms with van der Waals surface area (Å²) in [5, 5.41) is 0.194. The fraction of sp³-hybridized carbons (Fsp3) is 1.00. The van der Waals surface area contributed by atoms with Gasteiger partial charge in [0.1, 0.15) is 0 Å². The molecule has 34 valence electrons. The summed E-state index contributed by atoms with van der Waals surface area (Å²) < 4.78 is 0. The Kier molecular flexibility index (Phi) is 55.2. The van der Waals surface area contributed by atoms with Crippen LogP contribution in [-0.2, 0) is 0 Å². The minimum absolute atomic E-state index is 0. The summed E-state index contributed by atoms with van der Waals surface area (Å²) in [6.45, 7) is 0. The maximum absolute atomic E-state index is 4.76. The van der Waals surface area contributed by atoms with Crippen LogP contribution in [0.2, 0.25) is 0 Å². The molecule has 0 bridgehead atoms. The monoisotopic (exact) mass is 242 g/mol. The summed E-state index contributed by atoms with van der Waals surface area (Å²) in [5.74, 6) is 0. The molecule has 0 aromatic rings. The first-order chi connectivity index (χ1) is 1.41. The van der Waals surface area contributed by atoms with Gasteiger partial charge in [0.2, 0.25) is 0 Å². The minimum atomic E-state index is 0. The summed E-state index contributed by atoms with van der Waals surface area (Å²) in [6, 6.07) is 0. The molecule has 0 heterocycles. The fourth-order valence-corrected chi connectivity index (χ4v) is 0. The molecule has 5 heavy (non-hydrogen) atoms. The molecule has 0 aliphatic rings. The van der Waals surface area contributed by atoms with Crippen LogP contribution in [0.3, 0.4) is 0 Å². The summed E-state index contributed by atoms with van der Waals surface area (Å²) in [7, 11) is 0. The van der Waals surface area contributed by atoms with Gasteiger partial charge in [-0.1, -0.05) is 0 Å². The fourth-order valence-electron chi connectivity index (χ4n) is 0. The average molecular weight is 242 g/mol. The Morgan fingerprint density at radius 3 is 1.20 bits per heavy atom. The van der Waals surface area contributed by atoms with Gasteiger partial charge in [-0.2, -0.15) is 0 Å². The van der Waals surface area contributed by atoms with Gasteiger partial charge in [0.25, 0.3) is 0 Å². The van der Waals surface area contributed by atoms with Gasteiger partial charge in [-0.05, 0) is 0 Å². The SMILES string of the molecule is Cl.ClCCl.[SnH2]. The second kappa shape index (κ2) is 17.3. The van der Waals surface area contributed by atoms with Crippen LogP contribution in [0.5, 0.6) is 0 Å². The van der Waals surface area contributed by atoms with Crippen molar-refractivity contribution in [1.82, 2.24) is 0 Å². The maximum atomic E-state index is 4.76. The molecular formula is CH5Cl3Sn. The van der Waals surface area contributed by atoms with Crippen molar-refractivity contribution < 1.29 is 0 Å². The molecule has 4 heteroatoms. The first-order valence-corrected chi connectivity index (χ1v) is 1.60. The zero-order valence-corrected chi connectivity index (χ0v) is 8.94. The molecule has 0 amide bonds. The van der Waals surface area contributed by atoms with E-state index >= 15 is 0 Å². The van der Waals surface area contributed by atoms with Crippen LogP contribution in [0.25, 0.3) is 0 Å². The van der Waals surface area contributed by atoms with Gasteiger partial charge >= 0.3 is 23.9 Å². The number of halogens is 3. The van der Waals surface area contributed by atoms with Crippen molar-refractivity contribution in [1.29, 1.82) is 0 Å². The summed E-state index contributed by atoms with van der Waals surface area (Å²) in [5.41, 5.74) is 0. The van der Waals surface area contributed by atoms with E-state index in [9.17, 15) is 0 Å². The molecule has 0 aromatic heterocycles. The third kappa shape index (κ3) is 27.4. The standard InChI is InChI=1S/CH2Cl2.ClH.Sn.2H/c2-1-3;;;;/h1H2;1H;;;. The van der Waals surface area contributed by atoms with Gasteiger partial charge in [-0.15, -0.1) is 35.6 Å². The van der Waals surface area contributed by atoms with Crippen molar-refractivity contribution in [3.05, 3.63) is 0 Å². The predicted octanol–water partition coefficient (Wildman–Crippen LogP) is 0.927. The molecule has 0 saturated carbocycles. The van der Waals surface area contributed by atoms with Gasteiger partial charge in [0.15, 0.2) is 0 Å². The van der Waals surface area contributed by atoms with E-state index in [0.717, 1.165) is 0 Å². The molecule has 0 nitrogen and oxygen atoms in total. The summed E-state index contributed by atoms with van der Waals surface area (Å²) >= 11 is 9.53. The molecule has 0 aromatic carbocycles. The molecule has 0 atom stereocenters. The van der Waals surface area contributed by atoms with Crippen LogP contribution < -0.4 is 0 Å². The van der Waals surface area contributed by atoms with Crippen LogP contribution in [0.15, 0.2) is 0 Å². The van der Waals surface area contributed by atoms with Crippen LogP contribution in [0, 0.1) is 0 Å². The number of hydrogen-bond donors (Lipinski definition) is 0. The summed E-state index contributed by atoms with van der Waals surface area (Å²) in [6.07, 6.45) is 0. The topological polar surface area (TPSA) is 0 Å². The third-order valence-corrected chi connectivity index (χ3v) is 0. The molecule has 0 saturated heterocycles. The zero-order valence-electron chi connectivity index (χ0n) is 2.58. The molecule has 0 aliphatic carbocycles. The molecule has 0 unspecified atom stereocenters. The van der Waals surface area contributed by atoms with E-state index in [0.29, 0.717) is 0 Å². The molecule has 0 aliphatic heterocycles. The quantitative estimate of drug-likeness (QED) is 0.438. The Morgan fingerprint density at radius 1 is 1.20 bits per heavy atom. The first-order valence-electron chi connectivity index (χ1n) is 0.535. The Hall–Kier alpha value is 1.67. The van der Waals surface area contributed by atoms with Crippen molar-refractivity contribution >= 4 is 59.5 Å². The van der Waals surface area contributed by atoms with Gasteiger partial charge in [-0.25, -0.2) is 0 Å². The van der Waals surface area contributed by atoms with E-state index in [-0.39, 0.29) is 41.7 Å². The van der Waals surface area contributed by atoms with E-state index in [1.807, 2.05) is 0 Å². The second-order valence-corrected chi connectivity index (χ2v) is 0.909. The Bertz CT molecular complexity index is 6.85. The Labute approximate surface area is 64.6 Å². The van der Waals surface area contributed by atoms with Gasteiger partial charge < -0.3 is 0 Å². The molecule has 0 fully saturated rings. The van der Waals surface area contributed by atoms with Crippen molar-refractivity contribution in [2.45, 2.75) is 0 Å². The van der Waals surface area contributed by atoms with Crippen molar-refractivity contribution in [2.75, 3.05) is 5.34 Å². The molecular weight excluding hydrogens is 237 g/mol. The number of rotatable bonds is 0. The summed E-state index contributed by atoms with van der Waals surface area (Å²) in [4.78, 5) is 0. The Morgan fingerprint density at radius 2 is 1.20 bits per heavy atom. The third-order valence-electron chi connectivity index (χ3n) is 0. The van der Waals surface area contributed by atoms with Crippen molar-refractivity contribution in [3.8, 4) is 0 Å². The normalized spacial score (nSPS) is 3.60. The average Bonchev–Trinajstić information content (AvgIpc) is 0.918. The van der Waals surface area contributed by atoms with E-state index in [4.69, 9.17) is 23.2 Å². The van der Waals surface area contributed by atoms with Crippen LogP contribution >= 0.6 is 35.6 Å². The number of alkyl halides is 2. The van der Waals surface area contributed by atoms with Gasteiger partial charge in [0, 0.05) is 0 Å². The molecule has 0 rings (SSSR count). The van der Waals surface area contributed by atoms with Crippen LogP contribution in [0.1, 0.15) is 0 Å². The van der Waals surface area contributed by atoms with Gasteiger partial charge in [0.05, 0.1) is 5.34 Å². The van der Waals surface area contributed by atoms with E-state index < -0.39 is 0 Å². The predicted molar refractivity (Wildman–Crippen MR) is 32.4 cm³/mol. The van der Waals surface area contributed by atoms with E-state index in [2.05, 4.69) is 0 Å².